The molecule has 3 N–H and O–H groups in total. The fourth-order valence-corrected chi connectivity index (χ4v) is 3.71. The van der Waals surface area contributed by atoms with Crippen LogP contribution < -0.4 is 15.6 Å². The molecule has 33 heavy (non-hydrogen) atoms. The Hall–Kier alpha value is -4.09. The average molecular weight is 463 g/mol. The number of primary sulfonamides is 1. The summed E-state index contributed by atoms with van der Waals surface area (Å²) in [5, 5.41) is 15.7. The predicted molar refractivity (Wildman–Crippen MR) is 129 cm³/mol. The van der Waals surface area contributed by atoms with Crippen LogP contribution in [0.3, 0.4) is 0 Å². The van der Waals surface area contributed by atoms with Crippen LogP contribution in [0.2, 0.25) is 0 Å². The zero-order valence-corrected chi connectivity index (χ0v) is 19.1. The first-order valence-electron chi connectivity index (χ1n) is 9.73. The Morgan fingerprint density at radius 3 is 2.21 bits per heavy atom. The van der Waals surface area contributed by atoms with E-state index in [4.69, 9.17) is 11.7 Å². The molecule has 1 aromatic heterocycles. The molecule has 0 aliphatic rings. The van der Waals surface area contributed by atoms with Crippen molar-refractivity contribution in [1.82, 2.24) is 4.57 Å². The van der Waals surface area contributed by atoms with Gasteiger partial charge >= 0.3 is 0 Å². The van der Waals surface area contributed by atoms with Crippen LogP contribution in [0.25, 0.3) is 22.7 Å². The van der Waals surface area contributed by atoms with Crippen molar-refractivity contribution >= 4 is 33.6 Å². The van der Waals surface area contributed by atoms with Gasteiger partial charge in [-0.3, -0.25) is 9.36 Å². The van der Waals surface area contributed by atoms with Gasteiger partial charge < -0.3 is 10.0 Å². The number of hydrogen-bond acceptors (Lipinski definition) is 5. The lowest BCUT2D eigenvalue weighted by Crippen LogP contribution is -2.22. The number of nitrogens with two attached hydrogens (primary N) is 1. The maximum absolute atomic E-state index is 13.2. The van der Waals surface area contributed by atoms with E-state index < -0.39 is 21.5 Å². The van der Waals surface area contributed by atoms with Crippen LogP contribution in [0.5, 0.6) is 5.88 Å². The molecule has 0 aliphatic heterocycles. The summed E-state index contributed by atoms with van der Waals surface area (Å²) in [7, 11) is -0.0266. The zero-order chi connectivity index (χ0) is 24.3. The van der Waals surface area contributed by atoms with Gasteiger partial charge in [-0.2, -0.15) is 0 Å². The van der Waals surface area contributed by atoms with E-state index in [1.807, 2.05) is 43.3 Å². The molecule has 3 rings (SSSR count). The lowest BCUT2D eigenvalue weighted by Gasteiger charge is -2.14. The topological polar surface area (TPSA) is 110 Å². The van der Waals surface area contributed by atoms with Crippen molar-refractivity contribution in [2.24, 2.45) is 5.14 Å². The van der Waals surface area contributed by atoms with Gasteiger partial charge in [-0.25, -0.2) is 18.4 Å². The first-order chi connectivity index (χ1) is 15.5. The number of rotatable bonds is 5. The second kappa shape index (κ2) is 9.18. The van der Waals surface area contributed by atoms with Crippen LogP contribution in [-0.2, 0) is 10.0 Å². The van der Waals surface area contributed by atoms with Crippen LogP contribution in [-0.4, -0.2) is 32.2 Å². The summed E-state index contributed by atoms with van der Waals surface area (Å²) < 4.78 is 24.0. The minimum atomic E-state index is -3.92. The molecule has 0 bridgehead atoms. The molecule has 0 saturated heterocycles. The van der Waals surface area contributed by atoms with Gasteiger partial charge in [0.1, 0.15) is 0 Å². The molecule has 9 heteroatoms. The maximum atomic E-state index is 13.2. The van der Waals surface area contributed by atoms with Crippen molar-refractivity contribution in [3.8, 4) is 11.6 Å². The Kier molecular flexibility index (Phi) is 6.56. The summed E-state index contributed by atoms with van der Waals surface area (Å²) >= 11 is 0. The van der Waals surface area contributed by atoms with Crippen LogP contribution >= 0.6 is 0 Å². The third-order valence-electron chi connectivity index (χ3n) is 5.04. The molecule has 0 atom stereocenters. The Morgan fingerprint density at radius 2 is 1.70 bits per heavy atom. The summed E-state index contributed by atoms with van der Waals surface area (Å²) in [4.78, 5) is 18.4. The van der Waals surface area contributed by atoms with Gasteiger partial charge in [0, 0.05) is 25.3 Å². The van der Waals surface area contributed by atoms with Crippen LogP contribution in [0.15, 0.2) is 64.0 Å². The summed E-state index contributed by atoms with van der Waals surface area (Å²) in [6.07, 6.45) is 3.16. The van der Waals surface area contributed by atoms with E-state index in [1.165, 1.54) is 30.3 Å². The molecule has 168 valence electrons. The lowest BCUT2D eigenvalue weighted by molar-refractivity contribution is 0.438. The van der Waals surface area contributed by atoms with Crippen molar-refractivity contribution in [3.63, 3.8) is 0 Å². The fourth-order valence-electron chi connectivity index (χ4n) is 3.20. The van der Waals surface area contributed by atoms with E-state index in [1.54, 1.807) is 13.0 Å². The zero-order valence-electron chi connectivity index (χ0n) is 18.3. The van der Waals surface area contributed by atoms with Gasteiger partial charge in [0.25, 0.3) is 5.56 Å². The molecule has 3 aromatic rings. The van der Waals surface area contributed by atoms with E-state index in [9.17, 15) is 18.3 Å². The molecular weight excluding hydrogens is 440 g/mol. The second-order valence-corrected chi connectivity index (χ2v) is 9.00. The Bertz CT molecular complexity index is 1470. The molecule has 0 unspecified atom stereocenters. The molecule has 8 nitrogen and oxygen atoms in total. The van der Waals surface area contributed by atoms with Gasteiger partial charge in [-0.15, -0.1) is 5.73 Å². The third-order valence-corrected chi connectivity index (χ3v) is 5.97. The Labute approximate surface area is 192 Å². The van der Waals surface area contributed by atoms with E-state index in [-0.39, 0.29) is 21.8 Å². The Balaban J connectivity index is 2.12. The van der Waals surface area contributed by atoms with Crippen LogP contribution in [0.4, 0.5) is 11.4 Å². The number of sulfonamides is 1. The van der Waals surface area contributed by atoms with Gasteiger partial charge in [-0.05, 0) is 66.6 Å². The number of aromatic nitrogens is 1. The number of hydrogen-bond donors (Lipinski definition) is 2. The van der Waals surface area contributed by atoms with Crippen molar-refractivity contribution in [1.29, 1.82) is 0 Å². The van der Waals surface area contributed by atoms with Crippen molar-refractivity contribution < 1.29 is 13.5 Å². The second-order valence-electron chi connectivity index (χ2n) is 7.44. The normalized spacial score (nSPS) is 10.8. The van der Waals surface area contributed by atoms with E-state index in [0.29, 0.717) is 5.56 Å². The highest BCUT2D eigenvalue weighted by Gasteiger charge is 2.19. The third kappa shape index (κ3) is 4.89. The molecule has 0 saturated carbocycles. The highest BCUT2D eigenvalue weighted by Crippen LogP contribution is 2.33. The van der Waals surface area contributed by atoms with Gasteiger partial charge in [0.05, 0.1) is 17.2 Å². The summed E-state index contributed by atoms with van der Waals surface area (Å²) in [5.41, 5.74) is 4.90. The quantitative estimate of drug-likeness (QED) is 0.446. The minimum absolute atomic E-state index is 0.0893. The molecule has 0 amide bonds. The lowest BCUT2D eigenvalue weighted by atomic mass is 10.1. The molecule has 0 radical (unpaired) electrons. The molecule has 2 aromatic carbocycles. The largest absolute Gasteiger partial charge is 0.502 e. The molecule has 0 aliphatic carbocycles. The number of aromatic hydroxyl groups is 1. The van der Waals surface area contributed by atoms with Crippen LogP contribution in [0, 0.1) is 13.5 Å². The summed E-state index contributed by atoms with van der Waals surface area (Å²) in [6.45, 7) is 9.01. The number of pyridine rings is 1. The van der Waals surface area contributed by atoms with Crippen LogP contribution in [0.1, 0.15) is 16.7 Å². The molecule has 0 spiro atoms. The standard InChI is InChI=1S/C24H22N4O4S/c1-16-21(7-5-6-17-8-10-18(11-9-17)27(3)4)23(29)28(24(30)22(16)26-2)19-12-14-20(15-13-19)33(25,31)32/h6-15,30H,1,3-4H3,(H2,25,31,32). The fraction of sp³-hybridized carbons (Fsp3) is 0.125. The number of nitrogens with zero attached hydrogens (tertiary/aromatic N) is 3. The van der Waals surface area contributed by atoms with E-state index in [2.05, 4.69) is 10.6 Å². The predicted octanol–water partition coefficient (Wildman–Crippen LogP) is 3.44. The molecule has 0 fully saturated rings. The first-order valence-corrected chi connectivity index (χ1v) is 11.3. The monoisotopic (exact) mass is 462 g/mol. The summed E-state index contributed by atoms with van der Waals surface area (Å²) in [6, 6.07) is 12.8. The van der Waals surface area contributed by atoms with Crippen molar-refractivity contribution in [2.45, 2.75) is 11.8 Å². The van der Waals surface area contributed by atoms with Gasteiger partial charge in [0.2, 0.25) is 21.6 Å². The minimum Gasteiger partial charge on any atom is -0.502 e. The maximum Gasteiger partial charge on any atom is 0.263 e. The van der Waals surface area contributed by atoms with E-state index in [0.717, 1.165) is 15.8 Å². The smallest absolute Gasteiger partial charge is 0.263 e. The first kappa shape index (κ1) is 23.6. The molecular formula is C24H22N4O4S. The SMILES string of the molecule is [C-]#[N+]c1c(C)c(C=C=Cc2ccc(N(C)C)cc2)c(=O)n(-c2ccc(S(N)(=O)=O)cc2)c1O. The molecule has 1 heterocycles. The Morgan fingerprint density at radius 1 is 1.09 bits per heavy atom. The average Bonchev–Trinajstić information content (AvgIpc) is 2.76. The van der Waals surface area contributed by atoms with Crippen molar-refractivity contribution in [3.05, 3.63) is 92.7 Å². The summed E-state index contributed by atoms with van der Waals surface area (Å²) in [5.74, 6) is -0.531. The highest BCUT2D eigenvalue weighted by atomic mass is 32.2. The van der Waals surface area contributed by atoms with E-state index >= 15 is 0 Å². The van der Waals surface area contributed by atoms with Crippen molar-refractivity contribution in [2.75, 3.05) is 19.0 Å². The highest BCUT2D eigenvalue weighted by molar-refractivity contribution is 7.89. The number of anilines is 1. The van der Waals surface area contributed by atoms with Gasteiger partial charge in [-0.1, -0.05) is 12.1 Å². The van der Waals surface area contributed by atoms with Gasteiger partial charge in [0.15, 0.2) is 0 Å². The number of benzene rings is 2.